The van der Waals surface area contributed by atoms with Crippen molar-refractivity contribution in [3.8, 4) is 0 Å². The second kappa shape index (κ2) is 10.4. The minimum absolute atomic E-state index is 0.0300. The van der Waals surface area contributed by atoms with Crippen LogP contribution in [0.5, 0.6) is 0 Å². The Kier molecular flexibility index (Phi) is 8.56. The van der Waals surface area contributed by atoms with Crippen LogP contribution >= 0.6 is 0 Å². The van der Waals surface area contributed by atoms with Crippen LogP contribution in [0, 0.1) is 5.92 Å². The normalized spacial score (nSPS) is 20.1. The van der Waals surface area contributed by atoms with Gasteiger partial charge < -0.3 is 18.8 Å². The van der Waals surface area contributed by atoms with Crippen molar-refractivity contribution in [2.24, 2.45) is 5.92 Å². The van der Waals surface area contributed by atoms with Crippen molar-refractivity contribution in [2.75, 3.05) is 13.1 Å². The highest BCUT2D eigenvalue weighted by atomic mass is 28.4. The number of carbonyl (C=O) groups is 2. The number of piperidine rings is 1. The standard InChI is InChI=1S/C25H41NO5Si/c1-24(2,3)30-22(27)15-20-14-21(31-32(7,8)25(4,5)6)17-26(16-20)23(28)29-18-19-12-10-9-11-13-19/h9-13,20-21H,14-18H2,1-8H3/t20-,21+/m0/s1. The van der Waals surface area contributed by atoms with E-state index in [0.717, 1.165) is 12.0 Å². The van der Waals surface area contributed by atoms with Gasteiger partial charge >= 0.3 is 12.1 Å². The number of nitrogens with zero attached hydrogens (tertiary/aromatic N) is 1. The minimum Gasteiger partial charge on any atom is -0.460 e. The Morgan fingerprint density at radius 3 is 2.22 bits per heavy atom. The zero-order valence-electron chi connectivity index (χ0n) is 21.1. The first-order valence-corrected chi connectivity index (χ1v) is 14.4. The molecule has 6 nitrogen and oxygen atoms in total. The monoisotopic (exact) mass is 463 g/mol. The van der Waals surface area contributed by atoms with E-state index in [0.29, 0.717) is 13.1 Å². The third-order valence-corrected chi connectivity index (χ3v) is 10.6. The van der Waals surface area contributed by atoms with Gasteiger partial charge in [0, 0.05) is 13.1 Å². The van der Waals surface area contributed by atoms with Crippen molar-refractivity contribution in [3.05, 3.63) is 35.9 Å². The summed E-state index contributed by atoms with van der Waals surface area (Å²) in [5.41, 5.74) is 0.411. The zero-order valence-corrected chi connectivity index (χ0v) is 22.1. The van der Waals surface area contributed by atoms with Crippen molar-refractivity contribution < 1.29 is 23.5 Å². The van der Waals surface area contributed by atoms with Gasteiger partial charge in [-0.3, -0.25) is 4.79 Å². The van der Waals surface area contributed by atoms with Gasteiger partial charge in [0.15, 0.2) is 8.32 Å². The van der Waals surface area contributed by atoms with Gasteiger partial charge in [-0.1, -0.05) is 51.1 Å². The van der Waals surface area contributed by atoms with Gasteiger partial charge in [0.05, 0.1) is 12.5 Å². The van der Waals surface area contributed by atoms with Crippen LogP contribution in [0.1, 0.15) is 59.9 Å². The lowest BCUT2D eigenvalue weighted by atomic mass is 9.93. The van der Waals surface area contributed by atoms with Crippen LogP contribution in [0.2, 0.25) is 18.1 Å². The van der Waals surface area contributed by atoms with Gasteiger partial charge in [0.2, 0.25) is 0 Å². The van der Waals surface area contributed by atoms with E-state index in [2.05, 4.69) is 33.9 Å². The Bertz CT molecular complexity index is 767. The van der Waals surface area contributed by atoms with Gasteiger partial charge in [0.25, 0.3) is 0 Å². The van der Waals surface area contributed by atoms with Crippen LogP contribution in [0.15, 0.2) is 30.3 Å². The summed E-state index contributed by atoms with van der Waals surface area (Å²) in [4.78, 5) is 27.1. The summed E-state index contributed by atoms with van der Waals surface area (Å²) in [5, 5.41) is 0.0593. The van der Waals surface area contributed by atoms with Crippen molar-refractivity contribution in [1.29, 1.82) is 0 Å². The molecule has 0 spiro atoms. The number of carbonyl (C=O) groups excluding carboxylic acids is 2. The van der Waals surface area contributed by atoms with Crippen molar-refractivity contribution >= 4 is 20.4 Å². The fourth-order valence-electron chi connectivity index (χ4n) is 3.56. The molecule has 0 bridgehead atoms. The highest BCUT2D eigenvalue weighted by Gasteiger charge is 2.42. The molecular weight excluding hydrogens is 422 g/mol. The smallest absolute Gasteiger partial charge is 0.410 e. The number of hydrogen-bond acceptors (Lipinski definition) is 5. The molecule has 0 aliphatic carbocycles. The van der Waals surface area contributed by atoms with E-state index in [1.54, 1.807) is 4.90 Å². The molecule has 1 amide bonds. The topological polar surface area (TPSA) is 65.1 Å². The fourth-order valence-corrected chi connectivity index (χ4v) is 4.92. The second-order valence-electron chi connectivity index (χ2n) is 11.3. The molecule has 1 aliphatic heterocycles. The molecule has 0 radical (unpaired) electrons. The summed E-state index contributed by atoms with van der Waals surface area (Å²) in [5.74, 6) is -0.272. The van der Waals surface area contributed by atoms with E-state index in [1.807, 2.05) is 51.1 Å². The van der Waals surface area contributed by atoms with Gasteiger partial charge in [-0.25, -0.2) is 4.79 Å². The van der Waals surface area contributed by atoms with Gasteiger partial charge in [-0.15, -0.1) is 0 Å². The van der Waals surface area contributed by atoms with Crippen LogP contribution in [0.4, 0.5) is 4.79 Å². The molecule has 2 rings (SSSR count). The third-order valence-electron chi connectivity index (χ3n) is 6.11. The SMILES string of the molecule is CC(C)(C)OC(=O)C[C@@H]1C[C@@H](O[Si](C)(C)C(C)(C)C)CN(C(=O)OCc2ccccc2)C1. The number of rotatable bonds is 6. The number of amides is 1. The predicted molar refractivity (Wildman–Crippen MR) is 129 cm³/mol. The van der Waals surface area contributed by atoms with Crippen LogP contribution in [0.25, 0.3) is 0 Å². The van der Waals surface area contributed by atoms with Crippen LogP contribution in [0.3, 0.4) is 0 Å². The van der Waals surface area contributed by atoms with E-state index in [1.165, 1.54) is 0 Å². The molecular formula is C25H41NO5Si. The Morgan fingerprint density at radius 1 is 1.03 bits per heavy atom. The molecule has 0 aromatic heterocycles. The summed E-state index contributed by atoms with van der Waals surface area (Å²) < 4.78 is 17.7. The van der Waals surface area contributed by atoms with Crippen LogP contribution in [-0.4, -0.2) is 50.1 Å². The lowest BCUT2D eigenvalue weighted by Crippen LogP contribution is -2.52. The summed E-state index contributed by atoms with van der Waals surface area (Å²) >= 11 is 0. The summed E-state index contributed by atoms with van der Waals surface area (Å²) in [6.45, 7) is 17.8. The lowest BCUT2D eigenvalue weighted by Gasteiger charge is -2.44. The van der Waals surface area contributed by atoms with Gasteiger partial charge in [0.1, 0.15) is 12.2 Å². The van der Waals surface area contributed by atoms with Crippen LogP contribution < -0.4 is 0 Å². The molecule has 1 fully saturated rings. The highest BCUT2D eigenvalue weighted by molar-refractivity contribution is 6.74. The van der Waals surface area contributed by atoms with E-state index in [9.17, 15) is 9.59 Å². The molecule has 1 aromatic rings. The summed E-state index contributed by atoms with van der Waals surface area (Å²) in [7, 11) is -2.03. The molecule has 1 aromatic carbocycles. The minimum atomic E-state index is -2.03. The average molecular weight is 464 g/mol. The molecule has 0 unspecified atom stereocenters. The largest absolute Gasteiger partial charge is 0.460 e. The maximum Gasteiger partial charge on any atom is 0.410 e. The van der Waals surface area contributed by atoms with E-state index < -0.39 is 13.9 Å². The second-order valence-corrected chi connectivity index (χ2v) is 16.1. The fraction of sp³-hybridized carbons (Fsp3) is 0.680. The Labute approximate surface area is 194 Å². The van der Waals surface area contributed by atoms with E-state index in [4.69, 9.17) is 13.9 Å². The number of likely N-dealkylation sites (tertiary alicyclic amines) is 1. The number of benzene rings is 1. The van der Waals surface area contributed by atoms with Crippen molar-refractivity contribution in [2.45, 2.75) is 90.8 Å². The van der Waals surface area contributed by atoms with Crippen LogP contribution in [-0.2, 0) is 25.3 Å². The molecule has 7 heteroatoms. The lowest BCUT2D eigenvalue weighted by molar-refractivity contribution is -0.156. The molecule has 180 valence electrons. The molecule has 1 aliphatic rings. The Morgan fingerprint density at radius 2 is 1.66 bits per heavy atom. The average Bonchev–Trinajstić information content (AvgIpc) is 2.63. The first kappa shape index (κ1) is 26.4. The first-order valence-electron chi connectivity index (χ1n) is 11.5. The maximum absolute atomic E-state index is 12.9. The summed E-state index contributed by atoms with van der Waals surface area (Å²) in [6.07, 6.45) is 0.499. The highest BCUT2D eigenvalue weighted by Crippen LogP contribution is 2.39. The van der Waals surface area contributed by atoms with Gasteiger partial charge in [-0.05, 0) is 56.8 Å². The van der Waals surface area contributed by atoms with Crippen molar-refractivity contribution in [3.63, 3.8) is 0 Å². The third kappa shape index (κ3) is 8.24. The number of esters is 1. The van der Waals surface area contributed by atoms with E-state index >= 15 is 0 Å². The molecule has 1 heterocycles. The zero-order chi connectivity index (χ0) is 24.2. The Balaban J connectivity index is 2.09. The number of hydrogen-bond donors (Lipinski definition) is 0. The van der Waals surface area contributed by atoms with Gasteiger partial charge in [-0.2, -0.15) is 0 Å². The van der Waals surface area contributed by atoms with E-state index in [-0.39, 0.29) is 42.2 Å². The number of ether oxygens (including phenoxy) is 2. The molecule has 1 saturated heterocycles. The summed E-state index contributed by atoms with van der Waals surface area (Å²) in [6, 6.07) is 9.63. The van der Waals surface area contributed by atoms with Crippen molar-refractivity contribution in [1.82, 2.24) is 4.90 Å². The molecule has 2 atom stereocenters. The first-order chi connectivity index (χ1) is 14.7. The molecule has 0 N–H and O–H groups in total. The quantitative estimate of drug-likeness (QED) is 0.396. The predicted octanol–water partition coefficient (Wildman–Crippen LogP) is 5.77. The molecule has 0 saturated carbocycles. The molecule has 32 heavy (non-hydrogen) atoms. The maximum atomic E-state index is 12.9. The Hall–Kier alpha value is -1.86.